The Morgan fingerprint density at radius 1 is 1.29 bits per heavy atom. The van der Waals surface area contributed by atoms with Gasteiger partial charge in [0.05, 0.1) is 6.61 Å². The molecule has 118 valence electrons. The van der Waals surface area contributed by atoms with Crippen LogP contribution in [0.1, 0.15) is 39.5 Å². The van der Waals surface area contributed by atoms with Crippen molar-refractivity contribution in [1.29, 1.82) is 0 Å². The van der Waals surface area contributed by atoms with Crippen molar-refractivity contribution < 1.29 is 4.74 Å². The first-order valence-corrected chi connectivity index (χ1v) is 8.29. The Balaban J connectivity index is 1.82. The van der Waals surface area contributed by atoms with Gasteiger partial charge in [-0.1, -0.05) is 26.7 Å². The second-order valence-corrected chi connectivity index (χ2v) is 6.53. The first kappa shape index (κ1) is 16.2. The number of nitrogens with two attached hydrogens (primary N) is 1. The zero-order chi connectivity index (χ0) is 15.2. The van der Waals surface area contributed by atoms with E-state index in [1.807, 2.05) is 0 Å². The van der Waals surface area contributed by atoms with Crippen LogP contribution in [0.5, 0.6) is 5.75 Å². The van der Waals surface area contributed by atoms with Crippen molar-refractivity contribution in [2.24, 2.45) is 17.6 Å². The molecule has 0 spiro atoms. The normalized spacial score (nSPS) is 17.9. The summed E-state index contributed by atoms with van der Waals surface area (Å²) in [4.78, 5) is 2.23. The van der Waals surface area contributed by atoms with Gasteiger partial charge in [0, 0.05) is 25.3 Å². The average Bonchev–Trinajstić information content (AvgIpc) is 2.45. The summed E-state index contributed by atoms with van der Waals surface area (Å²) < 4.78 is 5.84. The van der Waals surface area contributed by atoms with E-state index in [-0.39, 0.29) is 6.04 Å². The van der Waals surface area contributed by atoms with Gasteiger partial charge < -0.3 is 15.4 Å². The molecular formula is C18H30N2O. The van der Waals surface area contributed by atoms with Crippen LogP contribution in [0.3, 0.4) is 0 Å². The van der Waals surface area contributed by atoms with Crippen molar-refractivity contribution >= 4 is 5.69 Å². The van der Waals surface area contributed by atoms with Crippen LogP contribution in [0.15, 0.2) is 24.3 Å². The van der Waals surface area contributed by atoms with Gasteiger partial charge in [0.1, 0.15) is 5.75 Å². The quantitative estimate of drug-likeness (QED) is 0.794. The van der Waals surface area contributed by atoms with Gasteiger partial charge in [0.15, 0.2) is 0 Å². The average molecular weight is 290 g/mol. The maximum Gasteiger partial charge on any atom is 0.119 e. The topological polar surface area (TPSA) is 38.5 Å². The summed E-state index contributed by atoms with van der Waals surface area (Å²) in [5.74, 6) is 2.31. The van der Waals surface area contributed by atoms with Crippen molar-refractivity contribution in [3.05, 3.63) is 24.3 Å². The van der Waals surface area contributed by atoms with Crippen LogP contribution >= 0.6 is 0 Å². The van der Waals surface area contributed by atoms with E-state index in [4.69, 9.17) is 10.5 Å². The van der Waals surface area contributed by atoms with E-state index >= 15 is 0 Å². The van der Waals surface area contributed by atoms with Crippen LogP contribution in [0, 0.1) is 11.8 Å². The van der Waals surface area contributed by atoms with E-state index in [0.717, 1.165) is 31.2 Å². The van der Waals surface area contributed by atoms with E-state index in [2.05, 4.69) is 50.1 Å². The number of benzene rings is 1. The fraction of sp³-hybridized carbons (Fsp3) is 0.667. The Labute approximate surface area is 129 Å². The standard InChI is InChI=1S/C18H30N2O/c1-4-14(2)18(19)12-20(3)16-8-10-17(11-9-16)21-13-15-6-5-7-15/h8-11,14-15,18H,4-7,12-13,19H2,1-3H3/t14-,18?/m0/s1. The summed E-state index contributed by atoms with van der Waals surface area (Å²) in [6.45, 7) is 6.17. The largest absolute Gasteiger partial charge is 0.493 e. The van der Waals surface area contributed by atoms with Gasteiger partial charge in [-0.25, -0.2) is 0 Å². The van der Waals surface area contributed by atoms with Gasteiger partial charge in [0.2, 0.25) is 0 Å². The predicted molar refractivity (Wildman–Crippen MR) is 90.0 cm³/mol. The Hall–Kier alpha value is -1.22. The minimum absolute atomic E-state index is 0.217. The molecule has 1 aromatic rings. The first-order valence-electron chi connectivity index (χ1n) is 8.29. The van der Waals surface area contributed by atoms with Gasteiger partial charge in [0.25, 0.3) is 0 Å². The SMILES string of the molecule is CC[C@H](C)C(N)CN(C)c1ccc(OCC2CCC2)cc1. The maximum absolute atomic E-state index is 6.23. The molecule has 2 rings (SSSR count). The van der Waals surface area contributed by atoms with Crippen LogP contribution in [0.2, 0.25) is 0 Å². The molecule has 0 heterocycles. The molecule has 0 radical (unpaired) electrons. The molecule has 2 atom stereocenters. The molecule has 21 heavy (non-hydrogen) atoms. The van der Waals surface area contributed by atoms with Crippen molar-refractivity contribution in [2.75, 3.05) is 25.1 Å². The lowest BCUT2D eigenvalue weighted by Crippen LogP contribution is -2.39. The molecule has 0 aromatic heterocycles. The molecule has 0 bridgehead atoms. The van der Waals surface area contributed by atoms with Crippen LogP contribution < -0.4 is 15.4 Å². The molecule has 1 fully saturated rings. The first-order chi connectivity index (χ1) is 10.1. The third kappa shape index (κ3) is 4.63. The van der Waals surface area contributed by atoms with Crippen LogP contribution in [0.25, 0.3) is 0 Å². The number of rotatable bonds is 8. The Kier molecular flexibility index (Phi) is 5.92. The van der Waals surface area contributed by atoms with Gasteiger partial charge in [-0.2, -0.15) is 0 Å². The molecule has 1 unspecified atom stereocenters. The number of hydrogen-bond donors (Lipinski definition) is 1. The van der Waals surface area contributed by atoms with E-state index < -0.39 is 0 Å². The second-order valence-electron chi connectivity index (χ2n) is 6.53. The van der Waals surface area contributed by atoms with Gasteiger partial charge in [-0.15, -0.1) is 0 Å². The molecule has 3 heteroatoms. The van der Waals surface area contributed by atoms with Crippen molar-refractivity contribution in [1.82, 2.24) is 0 Å². The number of ether oxygens (including phenoxy) is 1. The van der Waals surface area contributed by atoms with Crippen molar-refractivity contribution in [2.45, 2.75) is 45.6 Å². The summed E-state index contributed by atoms with van der Waals surface area (Å²) in [5.41, 5.74) is 7.43. The lowest BCUT2D eigenvalue weighted by molar-refractivity contribution is 0.180. The highest BCUT2D eigenvalue weighted by atomic mass is 16.5. The monoisotopic (exact) mass is 290 g/mol. The number of anilines is 1. The Morgan fingerprint density at radius 2 is 1.95 bits per heavy atom. The smallest absolute Gasteiger partial charge is 0.119 e. The molecule has 0 aliphatic heterocycles. The fourth-order valence-corrected chi connectivity index (χ4v) is 2.57. The summed E-state index contributed by atoms with van der Waals surface area (Å²) in [5, 5.41) is 0. The highest BCUT2D eigenvalue weighted by Crippen LogP contribution is 2.27. The molecule has 1 aliphatic rings. The molecule has 1 aliphatic carbocycles. The summed E-state index contributed by atoms with van der Waals surface area (Å²) in [7, 11) is 2.10. The number of likely N-dealkylation sites (N-methyl/N-ethyl adjacent to an activating group) is 1. The minimum Gasteiger partial charge on any atom is -0.493 e. The minimum atomic E-state index is 0.217. The van der Waals surface area contributed by atoms with Crippen LogP contribution in [-0.2, 0) is 0 Å². The predicted octanol–water partition coefficient (Wildman–Crippen LogP) is 3.68. The number of nitrogens with zero attached hydrogens (tertiary/aromatic N) is 1. The second kappa shape index (κ2) is 7.69. The fourth-order valence-electron chi connectivity index (χ4n) is 2.57. The molecule has 1 saturated carbocycles. The van der Waals surface area contributed by atoms with Crippen molar-refractivity contribution in [3.8, 4) is 5.75 Å². The molecule has 2 N–H and O–H groups in total. The third-order valence-corrected chi connectivity index (χ3v) is 4.85. The number of hydrogen-bond acceptors (Lipinski definition) is 3. The van der Waals surface area contributed by atoms with Crippen LogP contribution in [0.4, 0.5) is 5.69 Å². The lowest BCUT2D eigenvalue weighted by atomic mass is 9.86. The van der Waals surface area contributed by atoms with E-state index in [9.17, 15) is 0 Å². The molecule has 3 nitrogen and oxygen atoms in total. The zero-order valence-corrected chi connectivity index (χ0v) is 13.7. The van der Waals surface area contributed by atoms with Gasteiger partial charge in [-0.3, -0.25) is 0 Å². The lowest BCUT2D eigenvalue weighted by Gasteiger charge is -2.27. The maximum atomic E-state index is 6.23. The van der Waals surface area contributed by atoms with Crippen LogP contribution in [-0.4, -0.2) is 26.2 Å². The summed E-state index contributed by atoms with van der Waals surface area (Å²) >= 11 is 0. The Bertz CT molecular complexity index is 414. The van der Waals surface area contributed by atoms with Crippen molar-refractivity contribution in [3.63, 3.8) is 0 Å². The third-order valence-electron chi connectivity index (χ3n) is 4.85. The Morgan fingerprint density at radius 3 is 2.48 bits per heavy atom. The van der Waals surface area contributed by atoms with Gasteiger partial charge in [-0.05, 0) is 48.9 Å². The highest BCUT2D eigenvalue weighted by molar-refractivity contribution is 5.48. The summed E-state index contributed by atoms with van der Waals surface area (Å²) in [6, 6.07) is 8.60. The van der Waals surface area contributed by atoms with E-state index in [0.29, 0.717) is 5.92 Å². The van der Waals surface area contributed by atoms with Gasteiger partial charge >= 0.3 is 0 Å². The molecule has 0 saturated heterocycles. The highest BCUT2D eigenvalue weighted by Gasteiger charge is 2.18. The molecule has 1 aromatic carbocycles. The zero-order valence-electron chi connectivity index (χ0n) is 13.7. The summed E-state index contributed by atoms with van der Waals surface area (Å²) in [6.07, 6.45) is 5.15. The van der Waals surface area contributed by atoms with E-state index in [1.165, 1.54) is 24.9 Å². The molecular weight excluding hydrogens is 260 g/mol. The van der Waals surface area contributed by atoms with E-state index in [1.54, 1.807) is 0 Å². The molecule has 0 amide bonds.